The third-order valence-corrected chi connectivity index (χ3v) is 3.86. The first kappa shape index (κ1) is 14.9. The Bertz CT molecular complexity index is 425. The van der Waals surface area contributed by atoms with Gasteiger partial charge in [0.15, 0.2) is 0 Å². The van der Waals surface area contributed by atoms with Crippen LogP contribution in [0.4, 0.5) is 0 Å². The van der Waals surface area contributed by atoms with E-state index in [1.54, 1.807) is 12.1 Å². The van der Waals surface area contributed by atoms with Crippen molar-refractivity contribution in [1.82, 2.24) is 10.6 Å². The molecule has 1 fully saturated rings. The largest absolute Gasteiger partial charge is 0.508 e. The van der Waals surface area contributed by atoms with Gasteiger partial charge in [0.2, 0.25) is 5.91 Å². The number of benzene rings is 1. The van der Waals surface area contributed by atoms with Crippen molar-refractivity contribution in [3.63, 3.8) is 0 Å². The molecular weight excluding hydrogens is 252 g/mol. The second-order valence-electron chi connectivity index (χ2n) is 5.66. The maximum atomic E-state index is 12.1. The van der Waals surface area contributed by atoms with Crippen LogP contribution in [0.5, 0.6) is 5.75 Å². The minimum absolute atomic E-state index is 0.125. The molecule has 2 rings (SSSR count). The highest BCUT2D eigenvalue weighted by molar-refractivity contribution is 5.79. The quantitative estimate of drug-likeness (QED) is 0.769. The monoisotopic (exact) mass is 276 g/mol. The van der Waals surface area contributed by atoms with Gasteiger partial charge in [-0.3, -0.25) is 4.79 Å². The molecule has 1 heterocycles. The SMILES string of the molecule is CC(CCc1ccc(O)cc1)NC(=O)C1CCCNC1. The number of nitrogens with one attached hydrogen (secondary N) is 2. The van der Waals surface area contributed by atoms with E-state index in [0.717, 1.165) is 38.8 Å². The summed E-state index contributed by atoms with van der Waals surface area (Å²) in [5.41, 5.74) is 1.18. The van der Waals surface area contributed by atoms with E-state index in [0.29, 0.717) is 5.75 Å². The Morgan fingerprint density at radius 2 is 2.20 bits per heavy atom. The molecule has 1 saturated heterocycles. The fraction of sp³-hybridized carbons (Fsp3) is 0.562. The highest BCUT2D eigenvalue weighted by Gasteiger charge is 2.21. The fourth-order valence-corrected chi connectivity index (χ4v) is 2.55. The number of carbonyl (C=O) groups is 1. The molecule has 1 amide bonds. The number of rotatable bonds is 5. The maximum absolute atomic E-state index is 12.1. The number of phenols is 1. The van der Waals surface area contributed by atoms with E-state index in [1.807, 2.05) is 12.1 Å². The van der Waals surface area contributed by atoms with Crippen molar-refractivity contribution >= 4 is 5.91 Å². The molecule has 4 heteroatoms. The molecule has 0 saturated carbocycles. The molecule has 1 aromatic rings. The van der Waals surface area contributed by atoms with Crippen LogP contribution >= 0.6 is 0 Å². The summed E-state index contributed by atoms with van der Waals surface area (Å²) in [5.74, 6) is 0.593. The van der Waals surface area contributed by atoms with Gasteiger partial charge in [0, 0.05) is 12.6 Å². The number of carbonyl (C=O) groups excluding carboxylic acids is 1. The molecule has 0 radical (unpaired) electrons. The van der Waals surface area contributed by atoms with Crippen LogP contribution in [0, 0.1) is 5.92 Å². The zero-order chi connectivity index (χ0) is 14.4. The van der Waals surface area contributed by atoms with Crippen LogP contribution in [-0.2, 0) is 11.2 Å². The third-order valence-electron chi connectivity index (χ3n) is 3.86. The van der Waals surface area contributed by atoms with E-state index in [2.05, 4.69) is 17.6 Å². The summed E-state index contributed by atoms with van der Waals surface area (Å²) in [4.78, 5) is 12.1. The van der Waals surface area contributed by atoms with Crippen LogP contribution in [0.1, 0.15) is 31.7 Å². The molecule has 0 aromatic heterocycles. The molecule has 4 nitrogen and oxygen atoms in total. The van der Waals surface area contributed by atoms with Crippen molar-refractivity contribution in [2.24, 2.45) is 5.92 Å². The summed E-state index contributed by atoms with van der Waals surface area (Å²) in [5, 5.41) is 15.6. The number of piperidine rings is 1. The number of aryl methyl sites for hydroxylation is 1. The lowest BCUT2D eigenvalue weighted by atomic mass is 9.98. The molecule has 0 aliphatic carbocycles. The molecule has 2 atom stereocenters. The second-order valence-corrected chi connectivity index (χ2v) is 5.66. The number of hydrogen-bond donors (Lipinski definition) is 3. The van der Waals surface area contributed by atoms with Crippen molar-refractivity contribution in [3.8, 4) is 5.75 Å². The van der Waals surface area contributed by atoms with E-state index in [9.17, 15) is 9.90 Å². The minimum Gasteiger partial charge on any atom is -0.508 e. The van der Waals surface area contributed by atoms with E-state index < -0.39 is 0 Å². The molecule has 1 aromatic carbocycles. The van der Waals surface area contributed by atoms with Crippen LogP contribution < -0.4 is 10.6 Å². The average molecular weight is 276 g/mol. The first-order chi connectivity index (χ1) is 9.65. The Balaban J connectivity index is 1.73. The summed E-state index contributed by atoms with van der Waals surface area (Å²) in [6, 6.07) is 7.43. The van der Waals surface area contributed by atoms with Crippen molar-refractivity contribution in [3.05, 3.63) is 29.8 Å². The maximum Gasteiger partial charge on any atom is 0.224 e. The minimum atomic E-state index is 0.125. The van der Waals surface area contributed by atoms with Gasteiger partial charge in [0.05, 0.1) is 5.92 Å². The normalized spacial score (nSPS) is 20.4. The van der Waals surface area contributed by atoms with Gasteiger partial charge >= 0.3 is 0 Å². The van der Waals surface area contributed by atoms with Gasteiger partial charge in [-0.25, -0.2) is 0 Å². The van der Waals surface area contributed by atoms with Gasteiger partial charge in [-0.1, -0.05) is 12.1 Å². The van der Waals surface area contributed by atoms with Crippen LogP contribution in [0.25, 0.3) is 0 Å². The van der Waals surface area contributed by atoms with E-state index >= 15 is 0 Å². The van der Waals surface area contributed by atoms with Crippen LogP contribution in [0.2, 0.25) is 0 Å². The Hall–Kier alpha value is -1.55. The van der Waals surface area contributed by atoms with Crippen LogP contribution in [0.15, 0.2) is 24.3 Å². The van der Waals surface area contributed by atoms with E-state index in [1.165, 1.54) is 5.56 Å². The van der Waals surface area contributed by atoms with Gasteiger partial charge in [-0.15, -0.1) is 0 Å². The molecular formula is C16H24N2O2. The summed E-state index contributed by atoms with van der Waals surface area (Å²) >= 11 is 0. The standard InChI is InChI=1S/C16H24N2O2/c1-12(4-5-13-6-8-15(19)9-7-13)18-16(20)14-3-2-10-17-11-14/h6-9,12,14,17,19H,2-5,10-11H2,1H3,(H,18,20). The third kappa shape index (κ3) is 4.53. The van der Waals surface area contributed by atoms with E-state index in [-0.39, 0.29) is 17.9 Å². The zero-order valence-corrected chi connectivity index (χ0v) is 12.1. The Kier molecular flexibility index (Phi) is 5.41. The number of aromatic hydroxyl groups is 1. The van der Waals surface area contributed by atoms with E-state index in [4.69, 9.17) is 0 Å². The fourth-order valence-electron chi connectivity index (χ4n) is 2.55. The predicted molar refractivity (Wildman–Crippen MR) is 79.6 cm³/mol. The Morgan fingerprint density at radius 3 is 2.85 bits per heavy atom. The number of hydrogen-bond acceptors (Lipinski definition) is 3. The molecule has 110 valence electrons. The van der Waals surface area contributed by atoms with Crippen molar-refractivity contribution in [1.29, 1.82) is 0 Å². The molecule has 2 unspecified atom stereocenters. The Labute approximate surface area is 120 Å². The van der Waals surface area contributed by atoms with Crippen molar-refractivity contribution < 1.29 is 9.90 Å². The summed E-state index contributed by atoms with van der Waals surface area (Å²) < 4.78 is 0. The van der Waals surface area contributed by atoms with Crippen LogP contribution in [0.3, 0.4) is 0 Å². The van der Waals surface area contributed by atoms with Crippen LogP contribution in [-0.4, -0.2) is 30.1 Å². The first-order valence-corrected chi connectivity index (χ1v) is 7.44. The lowest BCUT2D eigenvalue weighted by Crippen LogP contribution is -2.43. The molecule has 20 heavy (non-hydrogen) atoms. The second kappa shape index (κ2) is 7.29. The summed E-state index contributed by atoms with van der Waals surface area (Å²) in [6.45, 7) is 3.88. The Morgan fingerprint density at radius 1 is 1.45 bits per heavy atom. The lowest BCUT2D eigenvalue weighted by Gasteiger charge is -2.24. The lowest BCUT2D eigenvalue weighted by molar-refractivity contribution is -0.126. The zero-order valence-electron chi connectivity index (χ0n) is 12.1. The molecule has 3 N–H and O–H groups in total. The number of phenolic OH excluding ortho intramolecular Hbond substituents is 1. The smallest absolute Gasteiger partial charge is 0.224 e. The number of amides is 1. The van der Waals surface area contributed by atoms with Crippen molar-refractivity contribution in [2.75, 3.05) is 13.1 Å². The van der Waals surface area contributed by atoms with Gasteiger partial charge in [-0.2, -0.15) is 0 Å². The molecule has 1 aliphatic rings. The molecule has 1 aliphatic heterocycles. The van der Waals surface area contributed by atoms with Gasteiger partial charge in [0.1, 0.15) is 5.75 Å². The van der Waals surface area contributed by atoms with Gasteiger partial charge in [-0.05, 0) is 56.8 Å². The highest BCUT2D eigenvalue weighted by Crippen LogP contribution is 2.13. The summed E-state index contributed by atoms with van der Waals surface area (Å²) in [6.07, 6.45) is 3.89. The highest BCUT2D eigenvalue weighted by atomic mass is 16.3. The summed E-state index contributed by atoms with van der Waals surface area (Å²) in [7, 11) is 0. The first-order valence-electron chi connectivity index (χ1n) is 7.44. The topological polar surface area (TPSA) is 61.4 Å². The molecule has 0 spiro atoms. The average Bonchev–Trinajstić information content (AvgIpc) is 2.47. The van der Waals surface area contributed by atoms with Gasteiger partial charge in [0.25, 0.3) is 0 Å². The predicted octanol–water partition coefficient (Wildman–Crippen LogP) is 1.83. The van der Waals surface area contributed by atoms with Gasteiger partial charge < -0.3 is 15.7 Å². The van der Waals surface area contributed by atoms with Crippen molar-refractivity contribution in [2.45, 2.75) is 38.6 Å². The molecule has 0 bridgehead atoms.